The number of phenolic OH excluding ortho intramolecular Hbond substituents is 1. The number of hydrogen-bond acceptors (Lipinski definition) is 7. The highest BCUT2D eigenvalue weighted by atomic mass is 35.5. The monoisotopic (exact) mass is 694 g/mol. The van der Waals surface area contributed by atoms with Crippen molar-refractivity contribution in [1.82, 2.24) is 19.7 Å². The first-order valence-corrected chi connectivity index (χ1v) is 16.3. The number of carbonyl (C=O) groups excluding carboxylic acids is 1. The van der Waals surface area contributed by atoms with Gasteiger partial charge in [0.2, 0.25) is 0 Å². The van der Waals surface area contributed by atoms with Gasteiger partial charge in [-0.15, -0.1) is 0 Å². The zero-order chi connectivity index (χ0) is 36.2. The van der Waals surface area contributed by atoms with E-state index < -0.39 is 6.03 Å². The number of amides is 2. The summed E-state index contributed by atoms with van der Waals surface area (Å²) in [5.74, 6) is 1.33. The van der Waals surface area contributed by atoms with Crippen LogP contribution in [-0.4, -0.2) is 32.6 Å². The lowest BCUT2D eigenvalue weighted by atomic mass is 9.92. The highest BCUT2D eigenvalue weighted by Crippen LogP contribution is 2.30. The molecule has 50 heavy (non-hydrogen) atoms. The molecule has 0 unspecified atom stereocenters. The number of benzene rings is 3. The average molecular weight is 695 g/mol. The summed E-state index contributed by atoms with van der Waals surface area (Å²) in [7, 11) is 1.51. The second kappa shape index (κ2) is 14.8. The lowest BCUT2D eigenvalue weighted by Gasteiger charge is -2.17. The van der Waals surface area contributed by atoms with E-state index in [1.807, 2.05) is 64.1 Å². The number of ether oxygens (including phenoxy) is 2. The third-order valence-corrected chi connectivity index (χ3v) is 8.57. The van der Waals surface area contributed by atoms with Gasteiger partial charge in [0.1, 0.15) is 35.7 Å². The van der Waals surface area contributed by atoms with Gasteiger partial charge < -0.3 is 24.5 Å². The quantitative estimate of drug-likeness (QED) is 0.141. The number of aromatic hydroxyl groups is 1. The van der Waals surface area contributed by atoms with Crippen LogP contribution in [-0.2, 0) is 25.1 Å². The minimum absolute atomic E-state index is 0.0520. The number of aryl methyl sites for hydroxylation is 1. The molecule has 0 radical (unpaired) electrons. The fourth-order valence-electron chi connectivity index (χ4n) is 5.34. The molecule has 0 aliphatic carbocycles. The summed E-state index contributed by atoms with van der Waals surface area (Å²) in [4.78, 5) is 26.6. The SMILES string of the molecule is COc1ccc(Cn2c(C)cc(OCc3ccccc3CNC(=O)Nc3cc(C(C)(C)C)nn3-c3ccc(O)c(Cl)c3)c(C)c2=O)cc1C#N. The number of nitrogens with zero attached hydrogens (tertiary/aromatic N) is 4. The number of carbonyl (C=O) groups is 1. The second-order valence-electron chi connectivity index (χ2n) is 12.9. The van der Waals surface area contributed by atoms with E-state index in [1.165, 1.54) is 13.2 Å². The molecule has 12 heteroatoms. The van der Waals surface area contributed by atoms with Crippen LogP contribution < -0.4 is 25.7 Å². The molecule has 5 rings (SSSR count). The van der Waals surface area contributed by atoms with Gasteiger partial charge in [0, 0.05) is 23.7 Å². The van der Waals surface area contributed by atoms with Crippen LogP contribution in [0.2, 0.25) is 5.02 Å². The van der Waals surface area contributed by atoms with Crippen molar-refractivity contribution < 1.29 is 19.4 Å². The Balaban J connectivity index is 1.28. The van der Waals surface area contributed by atoms with Gasteiger partial charge in [-0.2, -0.15) is 10.4 Å². The van der Waals surface area contributed by atoms with Crippen LogP contribution >= 0.6 is 11.6 Å². The summed E-state index contributed by atoms with van der Waals surface area (Å²) >= 11 is 6.16. The van der Waals surface area contributed by atoms with Crippen LogP contribution in [0.3, 0.4) is 0 Å². The maximum Gasteiger partial charge on any atom is 0.320 e. The van der Waals surface area contributed by atoms with Crippen molar-refractivity contribution in [3.63, 3.8) is 0 Å². The fraction of sp³-hybridized carbons (Fsp3) is 0.263. The summed E-state index contributed by atoms with van der Waals surface area (Å²) < 4.78 is 14.6. The Hall–Kier alpha value is -5.73. The maximum absolute atomic E-state index is 13.4. The van der Waals surface area contributed by atoms with Crippen LogP contribution in [0.25, 0.3) is 5.69 Å². The average Bonchev–Trinajstić information content (AvgIpc) is 3.52. The molecule has 2 aromatic heterocycles. The molecule has 0 atom stereocenters. The molecule has 0 saturated heterocycles. The number of hydrogen-bond donors (Lipinski definition) is 3. The Morgan fingerprint density at radius 1 is 1.02 bits per heavy atom. The molecule has 0 saturated carbocycles. The van der Waals surface area contributed by atoms with E-state index in [-0.39, 0.29) is 34.9 Å². The van der Waals surface area contributed by atoms with Gasteiger partial charge in [-0.05, 0) is 66.9 Å². The lowest BCUT2D eigenvalue weighted by molar-refractivity contribution is 0.251. The number of pyridine rings is 1. The molecular formula is C38H39ClN6O5. The van der Waals surface area contributed by atoms with Crippen LogP contribution in [0.15, 0.2) is 77.6 Å². The predicted octanol–water partition coefficient (Wildman–Crippen LogP) is 7.14. The standard InChI is InChI=1S/C38H39ClN6O5/c1-23-15-33(24(2)36(47)44(23)21-25-11-14-32(49-6)28(16-25)19-40)50-22-27-10-8-7-9-26(27)20-41-37(48)42-35-18-34(38(3,4)5)43-45(35)29-12-13-31(46)30(39)17-29/h7-18,46H,20-22H2,1-6H3,(H2,41,42,48). The number of urea groups is 1. The molecular weight excluding hydrogens is 656 g/mol. The topological polar surface area (TPSA) is 143 Å². The summed E-state index contributed by atoms with van der Waals surface area (Å²) in [6.07, 6.45) is 0. The molecule has 3 N–H and O–H groups in total. The van der Waals surface area contributed by atoms with Crippen molar-refractivity contribution in [3.05, 3.63) is 127 Å². The van der Waals surface area contributed by atoms with Crippen molar-refractivity contribution in [3.8, 4) is 29.0 Å². The normalized spacial score (nSPS) is 11.2. The summed E-state index contributed by atoms with van der Waals surface area (Å²) in [6.45, 7) is 10.3. The number of rotatable bonds is 10. The van der Waals surface area contributed by atoms with E-state index in [2.05, 4.69) is 16.7 Å². The van der Waals surface area contributed by atoms with Gasteiger partial charge in [0.15, 0.2) is 0 Å². The van der Waals surface area contributed by atoms with E-state index in [9.17, 15) is 20.0 Å². The molecule has 5 aromatic rings. The Kier molecular flexibility index (Phi) is 10.5. The summed E-state index contributed by atoms with van der Waals surface area (Å²) in [5, 5.41) is 30.0. The van der Waals surface area contributed by atoms with Crippen molar-refractivity contribution in [2.24, 2.45) is 0 Å². The van der Waals surface area contributed by atoms with E-state index in [1.54, 1.807) is 46.5 Å². The van der Waals surface area contributed by atoms with Crippen molar-refractivity contribution in [1.29, 1.82) is 5.26 Å². The highest BCUT2D eigenvalue weighted by Gasteiger charge is 2.22. The molecule has 3 aromatic carbocycles. The summed E-state index contributed by atoms with van der Waals surface area (Å²) in [6, 6.07) is 22.9. The number of phenols is 1. The van der Waals surface area contributed by atoms with Crippen molar-refractivity contribution in [2.75, 3.05) is 12.4 Å². The molecule has 0 aliphatic heterocycles. The number of nitriles is 1. The number of aromatic nitrogens is 3. The van der Waals surface area contributed by atoms with Crippen LogP contribution in [0.5, 0.6) is 17.2 Å². The molecule has 0 aliphatic rings. The van der Waals surface area contributed by atoms with Gasteiger partial charge in [-0.1, -0.05) is 62.7 Å². The summed E-state index contributed by atoms with van der Waals surface area (Å²) in [5.41, 5.74) is 4.90. The minimum Gasteiger partial charge on any atom is -0.506 e. The largest absolute Gasteiger partial charge is 0.506 e. The molecule has 2 heterocycles. The highest BCUT2D eigenvalue weighted by molar-refractivity contribution is 6.32. The first kappa shape index (κ1) is 35.6. The van der Waals surface area contributed by atoms with E-state index in [0.717, 1.165) is 22.4 Å². The van der Waals surface area contributed by atoms with E-state index in [4.69, 9.17) is 26.2 Å². The molecule has 11 nitrogen and oxygen atoms in total. The molecule has 258 valence electrons. The molecule has 0 spiro atoms. The Morgan fingerprint density at radius 2 is 1.76 bits per heavy atom. The Morgan fingerprint density at radius 3 is 2.44 bits per heavy atom. The predicted molar refractivity (Wildman–Crippen MR) is 193 cm³/mol. The second-order valence-corrected chi connectivity index (χ2v) is 13.3. The maximum atomic E-state index is 13.4. The van der Waals surface area contributed by atoms with Gasteiger partial charge in [0.25, 0.3) is 5.56 Å². The first-order chi connectivity index (χ1) is 23.8. The van der Waals surface area contributed by atoms with Crippen molar-refractivity contribution >= 4 is 23.4 Å². The minimum atomic E-state index is -0.443. The lowest BCUT2D eigenvalue weighted by Crippen LogP contribution is -2.29. The van der Waals surface area contributed by atoms with Gasteiger partial charge >= 0.3 is 6.03 Å². The van der Waals surface area contributed by atoms with Gasteiger partial charge in [-0.25, -0.2) is 9.48 Å². The van der Waals surface area contributed by atoms with Crippen LogP contribution in [0.1, 0.15) is 60.0 Å². The number of anilines is 1. The Bertz CT molecular complexity index is 2160. The van der Waals surface area contributed by atoms with E-state index in [0.29, 0.717) is 46.4 Å². The van der Waals surface area contributed by atoms with Gasteiger partial charge in [0.05, 0.1) is 41.2 Å². The fourth-order valence-corrected chi connectivity index (χ4v) is 5.51. The zero-order valence-corrected chi connectivity index (χ0v) is 29.6. The first-order valence-electron chi connectivity index (χ1n) is 15.9. The molecule has 0 bridgehead atoms. The van der Waals surface area contributed by atoms with E-state index >= 15 is 0 Å². The number of methoxy groups -OCH3 is 1. The number of nitrogens with one attached hydrogen (secondary N) is 2. The Labute approximate surface area is 295 Å². The van der Waals surface area contributed by atoms with Crippen LogP contribution in [0, 0.1) is 25.2 Å². The third-order valence-electron chi connectivity index (χ3n) is 8.26. The molecule has 2 amide bonds. The van der Waals surface area contributed by atoms with Gasteiger partial charge in [-0.3, -0.25) is 10.1 Å². The number of halogens is 1. The van der Waals surface area contributed by atoms with Crippen molar-refractivity contribution in [2.45, 2.75) is 59.7 Å². The van der Waals surface area contributed by atoms with Crippen LogP contribution in [0.4, 0.5) is 10.6 Å². The third kappa shape index (κ3) is 7.93. The smallest absolute Gasteiger partial charge is 0.320 e. The zero-order valence-electron chi connectivity index (χ0n) is 28.8. The molecule has 0 fully saturated rings.